The number of aryl methyl sites for hydroxylation is 2. The number of aromatic amines is 1. The number of H-pyrrole nitrogens is 1. The summed E-state index contributed by atoms with van der Waals surface area (Å²) < 4.78 is 12.1. The average Bonchev–Trinajstić information content (AvgIpc) is 3.38. The van der Waals surface area contributed by atoms with Crippen LogP contribution in [0.3, 0.4) is 0 Å². The Morgan fingerprint density at radius 3 is 2.24 bits per heavy atom. The van der Waals surface area contributed by atoms with Gasteiger partial charge in [-0.3, -0.25) is 18.9 Å². The molecule has 0 saturated carbocycles. The van der Waals surface area contributed by atoms with Crippen LogP contribution in [0.25, 0.3) is 28.2 Å². The molecule has 0 aliphatic rings. The number of benzene rings is 3. The molecule has 0 bridgehead atoms. The molecule has 0 amide bonds. The van der Waals surface area contributed by atoms with E-state index in [-0.39, 0.29) is 41.2 Å². The van der Waals surface area contributed by atoms with Crippen LogP contribution < -0.4 is 16.1 Å². The van der Waals surface area contributed by atoms with Gasteiger partial charge in [0.05, 0.1) is 17.5 Å². The fourth-order valence-corrected chi connectivity index (χ4v) is 4.88. The number of rotatable bonds is 9. The molecule has 1 N–H and O–H groups in total. The normalized spacial score (nSPS) is 11.0. The number of ether oxygens (including phenoxy) is 1. The Balaban J connectivity index is 0.00000387. The molecule has 41 heavy (non-hydrogen) atoms. The summed E-state index contributed by atoms with van der Waals surface area (Å²) in [5, 5.41) is 3.85. The zero-order chi connectivity index (χ0) is 28.2. The SMILES string of the molecule is CCCc1nc(C)n(-c2ccc(OC(C)C)cc2)c(=O)c1Cc1ccc(-c2ccccc2-c2noc(=O)[nH]2)cc1.[NaH]. The van der Waals surface area contributed by atoms with E-state index in [1.807, 2.05) is 93.6 Å². The van der Waals surface area contributed by atoms with Crippen LogP contribution >= 0.6 is 0 Å². The molecule has 0 aliphatic carbocycles. The van der Waals surface area contributed by atoms with E-state index in [9.17, 15) is 9.59 Å². The fourth-order valence-electron chi connectivity index (χ4n) is 4.88. The zero-order valence-corrected chi connectivity index (χ0v) is 23.1. The first-order valence-electron chi connectivity index (χ1n) is 13.5. The second kappa shape index (κ2) is 13.3. The molecule has 5 rings (SSSR count). The van der Waals surface area contributed by atoms with E-state index < -0.39 is 5.76 Å². The van der Waals surface area contributed by atoms with Gasteiger partial charge in [-0.1, -0.05) is 67.0 Å². The summed E-state index contributed by atoms with van der Waals surface area (Å²) in [6.07, 6.45) is 2.16. The first kappa shape index (κ1) is 30.2. The molecular weight excluding hydrogens is 527 g/mol. The molecule has 3 aromatic carbocycles. The van der Waals surface area contributed by atoms with Crippen LogP contribution in [0.5, 0.6) is 5.75 Å². The van der Waals surface area contributed by atoms with E-state index in [4.69, 9.17) is 14.2 Å². The van der Waals surface area contributed by atoms with Crippen LogP contribution in [0.2, 0.25) is 0 Å². The minimum absolute atomic E-state index is 0. The second-order valence-corrected chi connectivity index (χ2v) is 10.00. The van der Waals surface area contributed by atoms with Crippen LogP contribution in [0.4, 0.5) is 0 Å². The van der Waals surface area contributed by atoms with Gasteiger partial charge in [0.25, 0.3) is 5.56 Å². The van der Waals surface area contributed by atoms with Gasteiger partial charge in [-0.05, 0) is 68.1 Å². The molecule has 8 nitrogen and oxygen atoms in total. The predicted molar refractivity (Wildman–Crippen MR) is 162 cm³/mol. The van der Waals surface area contributed by atoms with Gasteiger partial charge in [0.15, 0.2) is 5.82 Å². The summed E-state index contributed by atoms with van der Waals surface area (Å²) in [6.45, 7) is 7.93. The average molecular weight is 561 g/mol. The predicted octanol–water partition coefficient (Wildman–Crippen LogP) is 5.23. The molecule has 0 unspecified atom stereocenters. The Hall–Kier alpha value is -3.72. The second-order valence-electron chi connectivity index (χ2n) is 10.00. The molecule has 9 heteroatoms. The fraction of sp³-hybridized carbons (Fsp3) is 0.250. The van der Waals surface area contributed by atoms with Crippen molar-refractivity contribution in [2.75, 3.05) is 0 Å². The third-order valence-electron chi connectivity index (χ3n) is 6.65. The van der Waals surface area contributed by atoms with E-state index in [2.05, 4.69) is 17.1 Å². The van der Waals surface area contributed by atoms with E-state index in [1.165, 1.54) is 0 Å². The van der Waals surface area contributed by atoms with Gasteiger partial charge in [0.2, 0.25) is 0 Å². The third-order valence-corrected chi connectivity index (χ3v) is 6.65. The molecule has 5 aromatic rings. The number of nitrogens with one attached hydrogen (secondary N) is 1. The van der Waals surface area contributed by atoms with E-state index in [0.29, 0.717) is 23.6 Å². The van der Waals surface area contributed by atoms with E-state index in [0.717, 1.165) is 52.2 Å². The van der Waals surface area contributed by atoms with Crippen molar-refractivity contribution in [2.24, 2.45) is 0 Å². The van der Waals surface area contributed by atoms with Crippen molar-refractivity contribution in [1.29, 1.82) is 0 Å². The first-order chi connectivity index (χ1) is 19.3. The van der Waals surface area contributed by atoms with Gasteiger partial charge >= 0.3 is 35.3 Å². The summed E-state index contributed by atoms with van der Waals surface area (Å²) in [5.74, 6) is 1.20. The molecule has 0 spiro atoms. The summed E-state index contributed by atoms with van der Waals surface area (Å²) in [7, 11) is 0. The maximum atomic E-state index is 13.9. The molecule has 0 saturated heterocycles. The molecule has 0 radical (unpaired) electrons. The van der Waals surface area contributed by atoms with E-state index >= 15 is 0 Å². The zero-order valence-electron chi connectivity index (χ0n) is 23.1. The van der Waals surface area contributed by atoms with Crippen molar-refractivity contribution >= 4 is 29.6 Å². The molecule has 2 aromatic heterocycles. The minimum atomic E-state index is -0.597. The number of nitrogens with zero attached hydrogens (tertiary/aromatic N) is 3. The van der Waals surface area contributed by atoms with Gasteiger partial charge in [0.1, 0.15) is 11.6 Å². The topological polar surface area (TPSA) is 103 Å². The van der Waals surface area contributed by atoms with Crippen molar-refractivity contribution in [3.8, 4) is 34.0 Å². The van der Waals surface area contributed by atoms with Gasteiger partial charge in [-0.2, -0.15) is 0 Å². The number of hydrogen-bond acceptors (Lipinski definition) is 6. The van der Waals surface area contributed by atoms with Crippen LogP contribution in [-0.4, -0.2) is 55.4 Å². The Labute approximate surface area is 260 Å². The Kier molecular flexibility index (Phi) is 9.81. The van der Waals surface area contributed by atoms with Crippen LogP contribution in [0.15, 0.2) is 86.9 Å². The van der Waals surface area contributed by atoms with Crippen LogP contribution in [-0.2, 0) is 12.8 Å². The van der Waals surface area contributed by atoms with Crippen molar-refractivity contribution in [3.05, 3.63) is 116 Å². The maximum absolute atomic E-state index is 13.9. The number of hydrogen-bond donors (Lipinski definition) is 1. The number of aromatic nitrogens is 4. The standard InChI is InChI=1S/C32H32N4O4.Na.H/c1-5-8-29-28(31(37)36(21(4)33-29)24-15-17-25(18-16-24)39-20(2)3)19-22-11-13-23(14-12-22)26-9-6-7-10-27(26)30-34-32(38)40-35-30;;/h6-7,9-18,20H,5,8,19H2,1-4H3,(H,34,35,38);;. The van der Waals surface area contributed by atoms with Gasteiger partial charge in [-0.15, -0.1) is 0 Å². The molecule has 206 valence electrons. The van der Waals surface area contributed by atoms with E-state index in [1.54, 1.807) is 4.57 Å². The Morgan fingerprint density at radius 1 is 0.951 bits per heavy atom. The third kappa shape index (κ3) is 6.78. The van der Waals surface area contributed by atoms with Crippen molar-refractivity contribution in [1.82, 2.24) is 19.7 Å². The van der Waals surface area contributed by atoms with Crippen molar-refractivity contribution in [2.45, 2.75) is 53.1 Å². The molecule has 0 fully saturated rings. The van der Waals surface area contributed by atoms with Crippen molar-refractivity contribution in [3.63, 3.8) is 0 Å². The summed E-state index contributed by atoms with van der Waals surface area (Å²) in [4.78, 5) is 32.9. The van der Waals surface area contributed by atoms with Gasteiger partial charge in [-0.25, -0.2) is 9.78 Å². The molecule has 2 heterocycles. The monoisotopic (exact) mass is 560 g/mol. The van der Waals surface area contributed by atoms with Crippen LogP contribution in [0, 0.1) is 6.92 Å². The quantitative estimate of drug-likeness (QED) is 0.248. The van der Waals surface area contributed by atoms with Gasteiger partial charge in [0, 0.05) is 17.5 Å². The van der Waals surface area contributed by atoms with Gasteiger partial charge < -0.3 is 4.74 Å². The molecular formula is C32H33N4NaO4. The summed E-state index contributed by atoms with van der Waals surface area (Å²) in [5.41, 5.74) is 5.87. The van der Waals surface area contributed by atoms with Crippen molar-refractivity contribution < 1.29 is 9.26 Å². The summed E-state index contributed by atoms with van der Waals surface area (Å²) in [6, 6.07) is 23.3. The molecule has 0 atom stereocenters. The molecule has 0 aliphatic heterocycles. The first-order valence-corrected chi connectivity index (χ1v) is 13.5. The Morgan fingerprint density at radius 2 is 1.63 bits per heavy atom. The Bertz CT molecular complexity index is 1740. The summed E-state index contributed by atoms with van der Waals surface area (Å²) >= 11 is 0. The van der Waals surface area contributed by atoms with Crippen LogP contribution in [0.1, 0.15) is 49.8 Å².